The number of ether oxygens (including phenoxy) is 2. The van der Waals surface area contributed by atoms with Crippen LogP contribution in [0.5, 0.6) is 11.5 Å². The second kappa shape index (κ2) is 11.5. The molecule has 0 radical (unpaired) electrons. The van der Waals surface area contributed by atoms with Crippen molar-refractivity contribution in [3.8, 4) is 22.6 Å². The molecule has 3 heterocycles. The Balaban J connectivity index is 1.27. The third-order valence-electron chi connectivity index (χ3n) is 6.31. The molecule has 11 heteroatoms. The second-order valence-corrected chi connectivity index (χ2v) is 11.4. The average Bonchev–Trinajstić information content (AvgIpc) is 3.45. The number of aryl methyl sites for hydroxylation is 1. The summed E-state index contributed by atoms with van der Waals surface area (Å²) in [5.41, 5.74) is 3.48. The number of aromatic nitrogens is 2. The summed E-state index contributed by atoms with van der Waals surface area (Å²) in [6.07, 6.45) is 5.90. The lowest BCUT2D eigenvalue weighted by atomic mass is 9.97. The Labute approximate surface area is 225 Å². The molecule has 0 amide bonds. The highest BCUT2D eigenvalue weighted by Gasteiger charge is 2.23. The van der Waals surface area contributed by atoms with Crippen LogP contribution < -0.4 is 19.5 Å². The molecule has 2 aromatic carbocycles. The molecule has 4 aromatic rings. The van der Waals surface area contributed by atoms with E-state index in [0.29, 0.717) is 18.2 Å². The molecule has 38 heavy (non-hydrogen) atoms. The van der Waals surface area contributed by atoms with Crippen molar-refractivity contribution >= 4 is 26.5 Å². The number of hydrogen-bond acceptors (Lipinski definition) is 9. The highest BCUT2D eigenvalue weighted by atomic mass is 32.2. The van der Waals surface area contributed by atoms with Gasteiger partial charge in [0, 0.05) is 42.6 Å². The Morgan fingerprint density at radius 2 is 2.03 bits per heavy atom. The van der Waals surface area contributed by atoms with Gasteiger partial charge in [0.25, 0.3) is 10.0 Å². The van der Waals surface area contributed by atoms with Gasteiger partial charge in [-0.3, -0.25) is 9.71 Å². The maximum absolute atomic E-state index is 13.1. The van der Waals surface area contributed by atoms with E-state index in [-0.39, 0.29) is 16.7 Å². The van der Waals surface area contributed by atoms with Crippen molar-refractivity contribution in [2.45, 2.75) is 29.9 Å². The second-order valence-electron chi connectivity index (χ2n) is 8.87. The number of sulfonamides is 1. The first-order valence-electron chi connectivity index (χ1n) is 12.1. The zero-order chi connectivity index (χ0) is 26.5. The maximum Gasteiger partial charge on any atom is 0.267 e. The number of nitrogens with zero attached hydrogens (tertiary/aromatic N) is 2. The quantitative estimate of drug-likeness (QED) is 0.270. The van der Waals surface area contributed by atoms with Crippen molar-refractivity contribution in [2.24, 2.45) is 0 Å². The SMILES string of the molecule is COc1ccc(-c2ccc3c(c2)CC[C@H](CNC[C@H](O)c2cccnc2)O3)cc1S(=O)(=O)Nc1nccs1. The van der Waals surface area contributed by atoms with Crippen LogP contribution in [0.15, 0.2) is 77.4 Å². The minimum absolute atomic E-state index is 0.0101. The Morgan fingerprint density at radius 1 is 1.18 bits per heavy atom. The van der Waals surface area contributed by atoms with E-state index in [2.05, 4.69) is 20.0 Å². The Hall–Kier alpha value is -3.51. The van der Waals surface area contributed by atoms with Crippen LogP contribution in [0.3, 0.4) is 0 Å². The van der Waals surface area contributed by atoms with Gasteiger partial charge in [-0.05, 0) is 59.9 Å². The highest BCUT2D eigenvalue weighted by molar-refractivity contribution is 7.93. The lowest BCUT2D eigenvalue weighted by Crippen LogP contribution is -2.36. The molecule has 0 aliphatic carbocycles. The van der Waals surface area contributed by atoms with E-state index in [1.54, 1.807) is 36.0 Å². The molecule has 198 valence electrons. The molecular weight excluding hydrogens is 524 g/mol. The Bertz CT molecular complexity index is 1480. The molecule has 0 bridgehead atoms. The fraction of sp³-hybridized carbons (Fsp3) is 0.259. The molecule has 0 saturated carbocycles. The first-order valence-corrected chi connectivity index (χ1v) is 14.5. The van der Waals surface area contributed by atoms with E-state index in [4.69, 9.17) is 9.47 Å². The molecule has 5 rings (SSSR count). The van der Waals surface area contributed by atoms with Gasteiger partial charge >= 0.3 is 0 Å². The number of methoxy groups -OCH3 is 1. The fourth-order valence-electron chi connectivity index (χ4n) is 4.35. The predicted octanol–water partition coefficient (Wildman–Crippen LogP) is 4.03. The van der Waals surface area contributed by atoms with Gasteiger partial charge in [0.1, 0.15) is 22.5 Å². The molecule has 1 aliphatic rings. The molecule has 0 saturated heterocycles. The summed E-state index contributed by atoms with van der Waals surface area (Å²) >= 11 is 1.20. The number of benzene rings is 2. The summed E-state index contributed by atoms with van der Waals surface area (Å²) in [4.78, 5) is 8.10. The number of nitrogens with one attached hydrogen (secondary N) is 2. The average molecular weight is 553 g/mol. The summed E-state index contributed by atoms with van der Waals surface area (Å²) in [6.45, 7) is 1.03. The van der Waals surface area contributed by atoms with Gasteiger partial charge in [-0.15, -0.1) is 11.3 Å². The van der Waals surface area contributed by atoms with Crippen LogP contribution >= 0.6 is 11.3 Å². The molecule has 2 aromatic heterocycles. The number of hydrogen-bond donors (Lipinski definition) is 3. The van der Waals surface area contributed by atoms with Crippen LogP contribution in [0.2, 0.25) is 0 Å². The third-order valence-corrected chi connectivity index (χ3v) is 8.49. The van der Waals surface area contributed by atoms with E-state index >= 15 is 0 Å². The smallest absolute Gasteiger partial charge is 0.267 e. The van der Waals surface area contributed by atoms with E-state index in [1.807, 2.05) is 30.3 Å². The van der Waals surface area contributed by atoms with Crippen LogP contribution in [0.25, 0.3) is 11.1 Å². The van der Waals surface area contributed by atoms with Crippen LogP contribution in [-0.2, 0) is 16.4 Å². The van der Waals surface area contributed by atoms with Gasteiger partial charge in [0.15, 0.2) is 5.13 Å². The molecule has 0 fully saturated rings. The summed E-state index contributed by atoms with van der Waals surface area (Å²) < 4.78 is 40.2. The normalized spacial score (nSPS) is 15.8. The van der Waals surface area contributed by atoms with Crippen LogP contribution in [0.4, 0.5) is 5.13 Å². The monoisotopic (exact) mass is 552 g/mol. The predicted molar refractivity (Wildman–Crippen MR) is 146 cm³/mol. The molecule has 0 unspecified atom stereocenters. The lowest BCUT2D eigenvalue weighted by molar-refractivity contribution is 0.146. The number of fused-ring (bicyclic) bond motifs is 1. The topological polar surface area (TPSA) is 123 Å². The minimum Gasteiger partial charge on any atom is -0.495 e. The van der Waals surface area contributed by atoms with Crippen molar-refractivity contribution < 1.29 is 23.0 Å². The van der Waals surface area contributed by atoms with Gasteiger partial charge in [-0.1, -0.05) is 18.2 Å². The van der Waals surface area contributed by atoms with Gasteiger partial charge in [-0.2, -0.15) is 0 Å². The number of aliphatic hydroxyl groups excluding tert-OH is 1. The van der Waals surface area contributed by atoms with Crippen molar-refractivity contribution in [1.29, 1.82) is 0 Å². The van der Waals surface area contributed by atoms with Crippen LogP contribution in [0.1, 0.15) is 23.7 Å². The number of rotatable bonds is 10. The first-order chi connectivity index (χ1) is 18.4. The van der Waals surface area contributed by atoms with Gasteiger partial charge < -0.3 is 19.9 Å². The van der Waals surface area contributed by atoms with E-state index in [1.165, 1.54) is 24.6 Å². The van der Waals surface area contributed by atoms with E-state index in [0.717, 1.165) is 40.8 Å². The van der Waals surface area contributed by atoms with Crippen molar-refractivity contribution in [3.05, 3.63) is 83.6 Å². The number of thiazole rings is 1. The molecule has 9 nitrogen and oxygen atoms in total. The molecular formula is C27H28N4O5S2. The van der Waals surface area contributed by atoms with Crippen LogP contribution in [-0.4, -0.2) is 49.8 Å². The van der Waals surface area contributed by atoms with E-state index < -0.39 is 16.1 Å². The standard InChI is InChI=1S/C27H28N4O5S2/c1-35-25-9-6-19(14-26(25)38(33,34)31-27-30-11-12-37-27)18-5-8-24-20(13-18)4-7-22(36-24)16-29-17-23(32)21-3-2-10-28-15-21/h2-3,5-6,8-15,22-23,29,32H,4,7,16-17H2,1H3,(H,30,31)/t22-,23+/m1/s1. The largest absolute Gasteiger partial charge is 0.495 e. The lowest BCUT2D eigenvalue weighted by Gasteiger charge is -2.27. The fourth-order valence-corrected chi connectivity index (χ4v) is 6.33. The third kappa shape index (κ3) is 5.97. The molecule has 3 N–H and O–H groups in total. The first kappa shape index (κ1) is 26.1. The number of aliphatic hydroxyl groups is 1. The van der Waals surface area contributed by atoms with Gasteiger partial charge in [0.2, 0.25) is 0 Å². The summed E-state index contributed by atoms with van der Waals surface area (Å²) in [5, 5.41) is 15.6. The summed E-state index contributed by atoms with van der Waals surface area (Å²) in [5.74, 6) is 1.06. The zero-order valence-corrected chi connectivity index (χ0v) is 22.3. The van der Waals surface area contributed by atoms with Crippen LogP contribution in [0, 0.1) is 0 Å². The van der Waals surface area contributed by atoms with Gasteiger partial charge in [0.05, 0.1) is 13.2 Å². The zero-order valence-electron chi connectivity index (χ0n) is 20.7. The highest BCUT2D eigenvalue weighted by Crippen LogP contribution is 2.35. The van der Waals surface area contributed by atoms with Gasteiger partial charge in [-0.25, -0.2) is 13.4 Å². The molecule has 1 aliphatic heterocycles. The molecule has 0 spiro atoms. The van der Waals surface area contributed by atoms with E-state index in [9.17, 15) is 13.5 Å². The maximum atomic E-state index is 13.1. The number of pyridine rings is 1. The van der Waals surface area contributed by atoms with Crippen molar-refractivity contribution in [1.82, 2.24) is 15.3 Å². The number of anilines is 1. The van der Waals surface area contributed by atoms with Crippen molar-refractivity contribution in [2.75, 3.05) is 24.9 Å². The summed E-state index contributed by atoms with van der Waals surface area (Å²) in [7, 11) is -2.45. The Kier molecular flexibility index (Phi) is 7.89. The molecule has 2 atom stereocenters. The van der Waals surface area contributed by atoms with Crippen molar-refractivity contribution in [3.63, 3.8) is 0 Å². The Morgan fingerprint density at radius 3 is 2.79 bits per heavy atom. The summed E-state index contributed by atoms with van der Waals surface area (Å²) in [6, 6.07) is 14.7. The minimum atomic E-state index is -3.89.